The van der Waals surface area contributed by atoms with E-state index in [1.165, 1.54) is 6.07 Å². The summed E-state index contributed by atoms with van der Waals surface area (Å²) in [7, 11) is 0. The summed E-state index contributed by atoms with van der Waals surface area (Å²) >= 11 is 0. The molecule has 2 rings (SSSR count). The predicted molar refractivity (Wildman–Crippen MR) is 92.3 cm³/mol. The van der Waals surface area contributed by atoms with Crippen LogP contribution in [-0.2, 0) is 27.5 Å². The van der Waals surface area contributed by atoms with E-state index in [2.05, 4.69) is 5.32 Å². The van der Waals surface area contributed by atoms with E-state index < -0.39 is 18.1 Å². The lowest BCUT2D eigenvalue weighted by molar-refractivity contribution is -0.149. The fourth-order valence-electron chi connectivity index (χ4n) is 2.16. The minimum Gasteiger partial charge on any atom is -0.456 e. The first-order chi connectivity index (χ1) is 12.5. The van der Waals surface area contributed by atoms with E-state index in [1.54, 1.807) is 19.9 Å². The molecule has 1 aromatic heterocycles. The summed E-state index contributed by atoms with van der Waals surface area (Å²) < 4.78 is 15.4. The standard InChI is InChI=1S/C19H21NO6/c1-13(2)17(18(22)24-12-16-9-8-15(10-21)26-16)20-19(23)25-11-14-6-4-3-5-7-14/h3-10,13,17H,11-12H2,1-2H3,(H,20,23)/t17-/m0/s1. The van der Waals surface area contributed by atoms with Crippen LogP contribution in [0.25, 0.3) is 0 Å². The summed E-state index contributed by atoms with van der Waals surface area (Å²) in [5.41, 5.74) is 0.843. The van der Waals surface area contributed by atoms with Crippen molar-refractivity contribution < 1.29 is 28.3 Å². The van der Waals surface area contributed by atoms with E-state index >= 15 is 0 Å². The molecule has 0 aliphatic heterocycles. The maximum atomic E-state index is 12.2. The van der Waals surface area contributed by atoms with Crippen LogP contribution in [-0.4, -0.2) is 24.4 Å². The third-order valence-corrected chi connectivity index (χ3v) is 3.56. The highest BCUT2D eigenvalue weighted by molar-refractivity contribution is 5.81. The summed E-state index contributed by atoms with van der Waals surface area (Å²) in [5.74, 6) is -0.316. The van der Waals surface area contributed by atoms with E-state index in [4.69, 9.17) is 13.9 Å². The molecule has 2 aromatic rings. The second kappa shape index (κ2) is 9.41. The van der Waals surface area contributed by atoms with Gasteiger partial charge in [0.2, 0.25) is 0 Å². The highest BCUT2D eigenvalue weighted by Crippen LogP contribution is 2.10. The number of rotatable bonds is 8. The molecule has 7 heteroatoms. The van der Waals surface area contributed by atoms with Crippen molar-refractivity contribution in [1.29, 1.82) is 0 Å². The molecular weight excluding hydrogens is 338 g/mol. The fraction of sp³-hybridized carbons (Fsp3) is 0.316. The van der Waals surface area contributed by atoms with Crippen molar-refractivity contribution in [3.05, 3.63) is 59.5 Å². The normalized spacial score (nSPS) is 11.7. The number of hydrogen-bond donors (Lipinski definition) is 1. The predicted octanol–water partition coefficient (Wildman–Crippen LogP) is 3.09. The van der Waals surface area contributed by atoms with Crippen LogP contribution in [0.1, 0.15) is 35.7 Å². The number of alkyl carbamates (subject to hydrolysis) is 1. The first-order valence-electron chi connectivity index (χ1n) is 8.17. The highest BCUT2D eigenvalue weighted by Gasteiger charge is 2.26. The van der Waals surface area contributed by atoms with Gasteiger partial charge in [0.05, 0.1) is 0 Å². The van der Waals surface area contributed by atoms with Crippen LogP contribution in [0, 0.1) is 5.92 Å². The quantitative estimate of drug-likeness (QED) is 0.575. The number of ether oxygens (including phenoxy) is 2. The molecular formula is C19H21NO6. The second-order valence-electron chi connectivity index (χ2n) is 5.96. The Kier molecular flexibility index (Phi) is 6.96. The summed E-state index contributed by atoms with van der Waals surface area (Å²) in [6.07, 6.45) is -0.141. The van der Waals surface area contributed by atoms with Crippen LogP contribution in [0.4, 0.5) is 4.79 Å². The Morgan fingerprint density at radius 3 is 2.42 bits per heavy atom. The monoisotopic (exact) mass is 359 g/mol. The largest absolute Gasteiger partial charge is 0.456 e. The summed E-state index contributed by atoms with van der Waals surface area (Å²) in [5, 5.41) is 2.52. The number of aldehydes is 1. The van der Waals surface area contributed by atoms with E-state index in [9.17, 15) is 14.4 Å². The van der Waals surface area contributed by atoms with Gasteiger partial charge in [-0.3, -0.25) is 4.79 Å². The zero-order valence-corrected chi connectivity index (χ0v) is 14.6. The van der Waals surface area contributed by atoms with E-state index in [1.807, 2.05) is 30.3 Å². The summed E-state index contributed by atoms with van der Waals surface area (Å²) in [4.78, 5) is 34.8. The van der Waals surface area contributed by atoms with Gasteiger partial charge >= 0.3 is 12.1 Å². The molecule has 0 bridgehead atoms. The third-order valence-electron chi connectivity index (χ3n) is 3.56. The lowest BCUT2D eigenvalue weighted by atomic mass is 10.1. The molecule has 0 fully saturated rings. The van der Waals surface area contributed by atoms with E-state index in [0.717, 1.165) is 5.56 Å². The molecule has 138 valence electrons. The van der Waals surface area contributed by atoms with Gasteiger partial charge in [-0.2, -0.15) is 0 Å². The van der Waals surface area contributed by atoms with Crippen LogP contribution < -0.4 is 5.32 Å². The van der Waals surface area contributed by atoms with Crippen LogP contribution in [0.15, 0.2) is 46.9 Å². The molecule has 1 aromatic carbocycles. The number of carbonyl (C=O) groups excluding carboxylic acids is 3. The molecule has 0 spiro atoms. The molecule has 0 aliphatic carbocycles. The lowest BCUT2D eigenvalue weighted by Gasteiger charge is -2.20. The van der Waals surface area contributed by atoms with E-state index in [-0.39, 0.29) is 24.9 Å². The number of furan rings is 1. The molecule has 1 amide bonds. The number of esters is 1. The number of benzene rings is 1. The molecule has 26 heavy (non-hydrogen) atoms. The van der Waals surface area contributed by atoms with Crippen molar-refractivity contribution in [1.82, 2.24) is 5.32 Å². The Hall–Kier alpha value is -3.09. The Bertz CT molecular complexity index is 737. The molecule has 1 N–H and O–H groups in total. The van der Waals surface area contributed by atoms with Gasteiger partial charge in [0, 0.05) is 0 Å². The van der Waals surface area contributed by atoms with Gasteiger partial charge < -0.3 is 19.2 Å². The highest BCUT2D eigenvalue weighted by atomic mass is 16.6. The Balaban J connectivity index is 1.85. The minimum atomic E-state index is -0.862. The van der Waals surface area contributed by atoms with Gasteiger partial charge in [-0.1, -0.05) is 44.2 Å². The third kappa shape index (κ3) is 5.77. The minimum absolute atomic E-state index is 0.105. The van der Waals surface area contributed by atoms with Crippen molar-refractivity contribution in [3.8, 4) is 0 Å². The average Bonchev–Trinajstić information content (AvgIpc) is 3.11. The Labute approximate surface area is 151 Å². The Morgan fingerprint density at radius 2 is 1.81 bits per heavy atom. The smallest absolute Gasteiger partial charge is 0.408 e. The van der Waals surface area contributed by atoms with Gasteiger partial charge in [0.25, 0.3) is 0 Å². The number of hydrogen-bond acceptors (Lipinski definition) is 6. The molecule has 0 unspecified atom stereocenters. The summed E-state index contributed by atoms with van der Waals surface area (Å²) in [6.45, 7) is 3.53. The SMILES string of the molecule is CC(C)[C@H](NC(=O)OCc1ccccc1)C(=O)OCc1ccc(C=O)o1. The van der Waals surface area contributed by atoms with Gasteiger partial charge in [-0.05, 0) is 23.6 Å². The molecule has 1 atom stereocenters. The van der Waals surface area contributed by atoms with Crippen molar-refractivity contribution in [2.75, 3.05) is 0 Å². The van der Waals surface area contributed by atoms with Gasteiger partial charge in [-0.15, -0.1) is 0 Å². The first kappa shape index (κ1) is 19.2. The molecule has 0 aliphatic rings. The average molecular weight is 359 g/mol. The van der Waals surface area contributed by atoms with Gasteiger partial charge in [-0.25, -0.2) is 9.59 Å². The molecule has 7 nitrogen and oxygen atoms in total. The number of carbonyl (C=O) groups is 3. The fourth-order valence-corrected chi connectivity index (χ4v) is 2.16. The second-order valence-corrected chi connectivity index (χ2v) is 5.96. The lowest BCUT2D eigenvalue weighted by Crippen LogP contribution is -2.45. The Morgan fingerprint density at radius 1 is 1.08 bits per heavy atom. The molecule has 1 heterocycles. The van der Waals surface area contributed by atoms with Crippen LogP contribution in [0.5, 0.6) is 0 Å². The first-order valence-corrected chi connectivity index (χ1v) is 8.17. The maximum absolute atomic E-state index is 12.2. The van der Waals surface area contributed by atoms with Crippen molar-refractivity contribution in [2.24, 2.45) is 5.92 Å². The van der Waals surface area contributed by atoms with E-state index in [0.29, 0.717) is 12.0 Å². The van der Waals surface area contributed by atoms with Crippen molar-refractivity contribution in [2.45, 2.75) is 33.1 Å². The maximum Gasteiger partial charge on any atom is 0.408 e. The topological polar surface area (TPSA) is 94.8 Å². The van der Waals surface area contributed by atoms with Gasteiger partial charge in [0.15, 0.2) is 12.0 Å². The molecule has 0 saturated carbocycles. The zero-order valence-electron chi connectivity index (χ0n) is 14.6. The number of nitrogens with one attached hydrogen (secondary N) is 1. The van der Waals surface area contributed by atoms with Crippen LogP contribution in [0.2, 0.25) is 0 Å². The summed E-state index contributed by atoms with van der Waals surface area (Å²) in [6, 6.07) is 11.4. The van der Waals surface area contributed by atoms with Gasteiger partial charge in [0.1, 0.15) is 25.0 Å². The number of amides is 1. The molecule has 0 radical (unpaired) electrons. The molecule has 0 saturated heterocycles. The van der Waals surface area contributed by atoms with Crippen LogP contribution in [0.3, 0.4) is 0 Å². The zero-order chi connectivity index (χ0) is 18.9. The van der Waals surface area contributed by atoms with Crippen LogP contribution >= 0.6 is 0 Å². The van der Waals surface area contributed by atoms with Crippen molar-refractivity contribution >= 4 is 18.3 Å². The van der Waals surface area contributed by atoms with Crippen molar-refractivity contribution in [3.63, 3.8) is 0 Å².